The molecule has 0 spiro atoms. The maximum Gasteiger partial charge on any atom is 0.261 e. The number of nitrogens with two attached hydrogens (primary N) is 1. The summed E-state index contributed by atoms with van der Waals surface area (Å²) in [5.41, 5.74) is 12.1. The minimum atomic E-state index is -2.56. The highest BCUT2D eigenvalue weighted by Crippen LogP contribution is 2.27. The van der Waals surface area contributed by atoms with Gasteiger partial charge in [0.05, 0.1) is 24.1 Å². The van der Waals surface area contributed by atoms with E-state index in [1.807, 2.05) is 58.0 Å². The second kappa shape index (κ2) is 11.1. The number of pyridine rings is 1. The van der Waals surface area contributed by atoms with Gasteiger partial charge >= 0.3 is 0 Å². The summed E-state index contributed by atoms with van der Waals surface area (Å²) in [6, 6.07) is 14.0. The average Bonchev–Trinajstić information content (AvgIpc) is 3.52. The van der Waals surface area contributed by atoms with Gasteiger partial charge in [0.15, 0.2) is 0 Å². The molecule has 1 aromatic carbocycles. The van der Waals surface area contributed by atoms with Gasteiger partial charge in [0, 0.05) is 63.4 Å². The molecule has 0 bridgehead atoms. The molecule has 4 heterocycles. The Kier molecular flexibility index (Phi) is 7.41. The topological polar surface area (TPSA) is 96.7 Å². The first-order valence-electron chi connectivity index (χ1n) is 12.5. The molecule has 0 unspecified atom stereocenters. The van der Waals surface area contributed by atoms with E-state index in [4.69, 9.17) is 5.73 Å². The summed E-state index contributed by atoms with van der Waals surface area (Å²) in [6.07, 6.45) is 9.19. The number of hydrogen-bond acceptors (Lipinski definition) is 7. The number of halogens is 2. The summed E-state index contributed by atoms with van der Waals surface area (Å²) >= 11 is 0. The van der Waals surface area contributed by atoms with E-state index in [1.165, 1.54) is 6.33 Å². The molecule has 1 fully saturated rings. The molecule has 0 amide bonds. The number of allylic oxidation sites excluding steroid dienone is 1. The van der Waals surface area contributed by atoms with E-state index in [0.717, 1.165) is 39.3 Å². The molecule has 8 nitrogen and oxygen atoms in total. The lowest BCUT2D eigenvalue weighted by atomic mass is 10.1. The molecule has 1 aliphatic rings. The Morgan fingerprint density at radius 2 is 1.97 bits per heavy atom. The van der Waals surface area contributed by atoms with Crippen molar-refractivity contribution < 1.29 is 8.78 Å². The molecule has 4 aromatic rings. The number of rotatable bonds is 9. The number of hydrogen-bond donors (Lipinski definition) is 2. The second-order valence-electron chi connectivity index (χ2n) is 9.39. The van der Waals surface area contributed by atoms with E-state index in [2.05, 4.69) is 25.3 Å². The summed E-state index contributed by atoms with van der Waals surface area (Å²) in [5.74, 6) is -1.86. The smallest absolute Gasteiger partial charge is 0.261 e. The van der Waals surface area contributed by atoms with Crippen molar-refractivity contribution in [1.82, 2.24) is 24.3 Å². The third-order valence-electron chi connectivity index (χ3n) is 6.68. The van der Waals surface area contributed by atoms with Crippen molar-refractivity contribution >= 4 is 23.3 Å². The number of likely N-dealkylation sites (tertiary alicyclic amines) is 1. The van der Waals surface area contributed by atoms with Crippen LogP contribution in [0.4, 0.5) is 14.6 Å². The summed E-state index contributed by atoms with van der Waals surface area (Å²) < 4.78 is 28.9. The molecule has 10 heteroatoms. The highest BCUT2D eigenvalue weighted by Gasteiger charge is 2.37. The highest BCUT2D eigenvalue weighted by molar-refractivity contribution is 6.09. The predicted octanol–water partition coefficient (Wildman–Crippen LogP) is 4.29. The third-order valence-corrected chi connectivity index (χ3v) is 6.68. The summed E-state index contributed by atoms with van der Waals surface area (Å²) in [4.78, 5) is 19.2. The zero-order valence-electron chi connectivity index (χ0n) is 21.2. The molecule has 5 rings (SSSR count). The largest absolute Gasteiger partial charge is 0.404 e. The Morgan fingerprint density at radius 1 is 1.13 bits per heavy atom. The van der Waals surface area contributed by atoms with E-state index < -0.39 is 5.92 Å². The standard InChI is InChI=1S/C28H30F2N8/c1-32-16-23(14-31)22-4-2-21(3-5-22)15-33-26-13-24(35-19-36-26)25-17-34-27-12-20(7-10-38(25)27)6-9-37-11-8-28(29,30)18-37/h2-5,7,10,12-14,16-17,19H,6,8-9,11,15,18,31H2,1H3,(H,33,35,36)/b23-14+,32-16?. The molecular weight excluding hydrogens is 486 g/mol. The molecule has 3 aromatic heterocycles. The summed E-state index contributed by atoms with van der Waals surface area (Å²) in [6.45, 7) is 1.50. The van der Waals surface area contributed by atoms with Crippen molar-refractivity contribution in [2.24, 2.45) is 10.7 Å². The fourth-order valence-electron chi connectivity index (χ4n) is 4.61. The Labute approximate surface area is 220 Å². The van der Waals surface area contributed by atoms with E-state index in [0.29, 0.717) is 31.9 Å². The second-order valence-corrected chi connectivity index (χ2v) is 9.39. The molecule has 38 heavy (non-hydrogen) atoms. The maximum atomic E-state index is 13.5. The zero-order valence-corrected chi connectivity index (χ0v) is 21.2. The lowest BCUT2D eigenvalue weighted by Crippen LogP contribution is -2.27. The van der Waals surface area contributed by atoms with Gasteiger partial charge in [0.1, 0.15) is 17.8 Å². The van der Waals surface area contributed by atoms with Crippen LogP contribution in [0.25, 0.3) is 22.6 Å². The quantitative estimate of drug-likeness (QED) is 0.322. The van der Waals surface area contributed by atoms with Gasteiger partial charge in [-0.2, -0.15) is 0 Å². The number of alkyl halides is 2. The minimum Gasteiger partial charge on any atom is -0.404 e. The monoisotopic (exact) mass is 516 g/mol. The van der Waals surface area contributed by atoms with Crippen molar-refractivity contribution in [3.63, 3.8) is 0 Å². The van der Waals surface area contributed by atoms with Crippen LogP contribution in [0, 0.1) is 0 Å². The van der Waals surface area contributed by atoms with Crippen molar-refractivity contribution in [1.29, 1.82) is 0 Å². The SMILES string of the molecule is CN=C/C(=C\N)c1ccc(CNc2cc(-c3cnc4cc(CCN5CCC(F)(F)C5)ccn34)ncn2)cc1. The molecular formula is C28H30F2N8. The van der Waals surface area contributed by atoms with Crippen molar-refractivity contribution in [3.8, 4) is 11.4 Å². The molecule has 1 saturated heterocycles. The first-order chi connectivity index (χ1) is 18.4. The van der Waals surface area contributed by atoms with Gasteiger partial charge < -0.3 is 11.1 Å². The van der Waals surface area contributed by atoms with Crippen molar-refractivity contribution in [3.05, 3.63) is 84.1 Å². The number of anilines is 1. The van der Waals surface area contributed by atoms with E-state index in [-0.39, 0.29) is 13.0 Å². The predicted molar refractivity (Wildman–Crippen MR) is 146 cm³/mol. The number of benzene rings is 1. The third kappa shape index (κ3) is 5.86. The maximum absolute atomic E-state index is 13.5. The molecule has 0 radical (unpaired) electrons. The number of nitrogens with one attached hydrogen (secondary N) is 1. The summed E-state index contributed by atoms with van der Waals surface area (Å²) in [7, 11) is 1.71. The first-order valence-corrected chi connectivity index (χ1v) is 12.5. The van der Waals surface area contributed by atoms with Crippen LogP contribution in [0.1, 0.15) is 23.1 Å². The summed E-state index contributed by atoms with van der Waals surface area (Å²) in [5, 5.41) is 3.35. The number of nitrogens with zero attached hydrogens (tertiary/aromatic N) is 6. The minimum absolute atomic E-state index is 0.0558. The molecule has 3 N–H and O–H groups in total. The van der Waals surface area contributed by atoms with Crippen LogP contribution in [0.15, 0.2) is 72.4 Å². The van der Waals surface area contributed by atoms with Gasteiger partial charge in [0.25, 0.3) is 5.92 Å². The van der Waals surface area contributed by atoms with Crippen molar-refractivity contribution in [2.45, 2.75) is 25.3 Å². The number of aromatic nitrogens is 4. The van der Waals surface area contributed by atoms with Crippen LogP contribution >= 0.6 is 0 Å². The number of aliphatic imine (C=N–C) groups is 1. The fraction of sp³-hybridized carbons (Fsp3) is 0.286. The van der Waals surface area contributed by atoms with Crippen LogP contribution in [0.3, 0.4) is 0 Å². The van der Waals surface area contributed by atoms with Gasteiger partial charge in [-0.25, -0.2) is 23.7 Å². The van der Waals surface area contributed by atoms with Crippen LogP contribution in [0.2, 0.25) is 0 Å². The first kappa shape index (κ1) is 25.5. The molecule has 0 atom stereocenters. The van der Waals surface area contributed by atoms with E-state index >= 15 is 0 Å². The Bertz CT molecular complexity index is 1460. The highest BCUT2D eigenvalue weighted by atomic mass is 19.3. The van der Waals surface area contributed by atoms with Gasteiger partial charge in [-0.15, -0.1) is 0 Å². The Morgan fingerprint density at radius 3 is 2.71 bits per heavy atom. The van der Waals surface area contributed by atoms with Crippen LogP contribution < -0.4 is 11.1 Å². The van der Waals surface area contributed by atoms with Gasteiger partial charge in [0.2, 0.25) is 0 Å². The van der Waals surface area contributed by atoms with E-state index in [9.17, 15) is 8.78 Å². The molecule has 0 saturated carbocycles. The molecule has 1 aliphatic heterocycles. The number of imidazole rings is 1. The van der Waals surface area contributed by atoms with Gasteiger partial charge in [-0.3, -0.25) is 14.3 Å². The van der Waals surface area contributed by atoms with Crippen LogP contribution in [-0.4, -0.2) is 63.1 Å². The number of fused-ring (bicyclic) bond motifs is 1. The lowest BCUT2D eigenvalue weighted by molar-refractivity contribution is 0.0123. The average molecular weight is 517 g/mol. The molecule has 196 valence electrons. The van der Waals surface area contributed by atoms with E-state index in [1.54, 1.807) is 25.7 Å². The van der Waals surface area contributed by atoms with Crippen molar-refractivity contribution in [2.75, 3.05) is 32.0 Å². The Balaban J connectivity index is 1.24. The van der Waals surface area contributed by atoms with Gasteiger partial charge in [-0.1, -0.05) is 24.3 Å². The fourth-order valence-corrected chi connectivity index (χ4v) is 4.61. The Hall–Kier alpha value is -4.18. The van der Waals surface area contributed by atoms with Crippen LogP contribution in [-0.2, 0) is 13.0 Å². The normalized spacial score (nSPS) is 16.0. The molecule has 0 aliphatic carbocycles. The zero-order chi connectivity index (χ0) is 26.5. The lowest BCUT2D eigenvalue weighted by Gasteiger charge is -2.15. The van der Waals surface area contributed by atoms with Gasteiger partial charge in [-0.05, 0) is 35.2 Å². The van der Waals surface area contributed by atoms with Crippen LogP contribution in [0.5, 0.6) is 0 Å².